The monoisotopic (exact) mass is 257 g/mol. The molecule has 0 saturated heterocycles. The average Bonchev–Trinajstić information content (AvgIpc) is 2.27. The Labute approximate surface area is 108 Å². The third-order valence-electron chi connectivity index (χ3n) is 2.47. The maximum Gasteiger partial charge on any atom is 0.321 e. The second-order valence-corrected chi connectivity index (χ2v) is 4.84. The Morgan fingerprint density at radius 1 is 1.17 bits per heavy atom. The van der Waals surface area contributed by atoms with Gasteiger partial charge in [-0.3, -0.25) is 14.9 Å². The molecule has 0 aromatic heterocycles. The second-order valence-electron chi connectivity index (χ2n) is 4.84. The number of rotatable bonds is 5. The first-order valence-electron chi connectivity index (χ1n) is 6.04. The van der Waals surface area contributed by atoms with Crippen LogP contribution in [0.25, 0.3) is 0 Å². The van der Waals surface area contributed by atoms with E-state index in [0.717, 1.165) is 0 Å². The van der Waals surface area contributed by atoms with Crippen molar-refractivity contribution in [2.24, 2.45) is 11.8 Å². The summed E-state index contributed by atoms with van der Waals surface area (Å²) in [5, 5.41) is 4.49. The van der Waals surface area contributed by atoms with E-state index in [9.17, 15) is 14.4 Å². The second kappa shape index (κ2) is 7.68. The smallest absolute Gasteiger partial charge is 0.321 e. The molecule has 0 aliphatic heterocycles. The van der Waals surface area contributed by atoms with Crippen LogP contribution >= 0.6 is 0 Å². The molecule has 4 amide bonds. The van der Waals surface area contributed by atoms with Gasteiger partial charge in [-0.2, -0.15) is 0 Å². The number of urea groups is 1. The molecule has 0 radical (unpaired) electrons. The van der Waals surface area contributed by atoms with E-state index in [-0.39, 0.29) is 11.8 Å². The Hall–Kier alpha value is -1.59. The summed E-state index contributed by atoms with van der Waals surface area (Å²) in [5.74, 6) is -0.526. The summed E-state index contributed by atoms with van der Waals surface area (Å²) in [6.45, 7) is 5.91. The third kappa shape index (κ3) is 6.22. The molecule has 18 heavy (non-hydrogen) atoms. The summed E-state index contributed by atoms with van der Waals surface area (Å²) in [6, 6.07) is -0.539. The molecule has 0 bridgehead atoms. The van der Waals surface area contributed by atoms with Crippen LogP contribution in [0, 0.1) is 11.8 Å². The largest absolute Gasteiger partial charge is 0.345 e. The van der Waals surface area contributed by atoms with E-state index >= 15 is 0 Å². The van der Waals surface area contributed by atoms with Gasteiger partial charge in [0, 0.05) is 27.1 Å². The van der Waals surface area contributed by atoms with Crippen molar-refractivity contribution in [3.63, 3.8) is 0 Å². The molecule has 0 rings (SSSR count). The molecule has 1 unspecified atom stereocenters. The maximum absolute atomic E-state index is 11.7. The predicted octanol–water partition coefficient (Wildman–Crippen LogP) is 0.583. The highest BCUT2D eigenvalue weighted by molar-refractivity contribution is 5.95. The Morgan fingerprint density at radius 3 is 2.17 bits per heavy atom. The summed E-state index contributed by atoms with van der Waals surface area (Å²) in [7, 11) is 3.10. The summed E-state index contributed by atoms with van der Waals surface area (Å²) >= 11 is 0. The number of nitrogens with one attached hydrogen (secondary N) is 2. The van der Waals surface area contributed by atoms with Gasteiger partial charge in [0.25, 0.3) is 0 Å². The van der Waals surface area contributed by atoms with Gasteiger partial charge in [0.2, 0.25) is 11.8 Å². The Bertz CT molecular complexity index is 316. The molecule has 2 N–H and O–H groups in total. The lowest BCUT2D eigenvalue weighted by atomic mass is 10.1. The lowest BCUT2D eigenvalue weighted by Gasteiger charge is -2.21. The lowest BCUT2D eigenvalue weighted by molar-refractivity contribution is -0.132. The molecule has 0 aliphatic rings. The minimum absolute atomic E-state index is 0.00425. The SMILES string of the molecule is CNC(=O)NC(=O)C(C)CN(C)C(=O)CC(C)C. The first kappa shape index (κ1) is 16.4. The molecule has 104 valence electrons. The number of amides is 4. The van der Waals surface area contributed by atoms with Crippen molar-refractivity contribution in [3.8, 4) is 0 Å². The van der Waals surface area contributed by atoms with Gasteiger partial charge in [-0.05, 0) is 5.92 Å². The molecule has 0 fully saturated rings. The Balaban J connectivity index is 4.21. The van der Waals surface area contributed by atoms with Crippen LogP contribution in [0.2, 0.25) is 0 Å². The predicted molar refractivity (Wildman–Crippen MR) is 68.9 cm³/mol. The minimum atomic E-state index is -0.539. The average molecular weight is 257 g/mol. The summed E-state index contributed by atoms with van der Waals surface area (Å²) in [5.41, 5.74) is 0. The molecule has 0 spiro atoms. The fraction of sp³-hybridized carbons (Fsp3) is 0.750. The van der Waals surface area contributed by atoms with E-state index in [2.05, 4.69) is 10.6 Å². The zero-order valence-electron chi connectivity index (χ0n) is 11.7. The van der Waals surface area contributed by atoms with Crippen molar-refractivity contribution < 1.29 is 14.4 Å². The van der Waals surface area contributed by atoms with Crippen molar-refractivity contribution in [1.29, 1.82) is 0 Å². The summed E-state index contributed by atoms with van der Waals surface area (Å²) in [4.78, 5) is 35.8. The van der Waals surface area contributed by atoms with E-state index in [1.54, 1.807) is 14.0 Å². The maximum atomic E-state index is 11.7. The van der Waals surface area contributed by atoms with Gasteiger partial charge >= 0.3 is 6.03 Å². The first-order chi connectivity index (χ1) is 8.27. The van der Waals surface area contributed by atoms with Crippen molar-refractivity contribution in [1.82, 2.24) is 15.5 Å². The van der Waals surface area contributed by atoms with Crippen molar-refractivity contribution in [3.05, 3.63) is 0 Å². The van der Waals surface area contributed by atoms with Crippen LogP contribution in [0.15, 0.2) is 0 Å². The Morgan fingerprint density at radius 2 is 1.72 bits per heavy atom. The number of hydrogen-bond donors (Lipinski definition) is 2. The van der Waals surface area contributed by atoms with Gasteiger partial charge in [0.1, 0.15) is 0 Å². The molecular formula is C12H23N3O3. The minimum Gasteiger partial charge on any atom is -0.345 e. The zero-order chi connectivity index (χ0) is 14.3. The van der Waals surface area contributed by atoms with Crippen molar-refractivity contribution in [2.75, 3.05) is 20.6 Å². The zero-order valence-corrected chi connectivity index (χ0v) is 11.7. The topological polar surface area (TPSA) is 78.5 Å². The molecular weight excluding hydrogens is 234 g/mol. The number of nitrogens with zero attached hydrogens (tertiary/aromatic N) is 1. The van der Waals surface area contributed by atoms with Crippen molar-refractivity contribution >= 4 is 17.8 Å². The van der Waals surface area contributed by atoms with Crippen LogP contribution in [-0.2, 0) is 9.59 Å². The van der Waals surface area contributed by atoms with E-state index in [0.29, 0.717) is 13.0 Å². The van der Waals surface area contributed by atoms with Gasteiger partial charge in [-0.15, -0.1) is 0 Å². The van der Waals surface area contributed by atoms with Crippen LogP contribution < -0.4 is 10.6 Å². The Kier molecular flexibility index (Phi) is 7.00. The van der Waals surface area contributed by atoms with Gasteiger partial charge in [-0.25, -0.2) is 4.79 Å². The number of carbonyl (C=O) groups excluding carboxylic acids is 3. The third-order valence-corrected chi connectivity index (χ3v) is 2.47. The normalized spacial score (nSPS) is 11.9. The van der Waals surface area contributed by atoms with Crippen LogP contribution in [0.3, 0.4) is 0 Å². The van der Waals surface area contributed by atoms with Crippen LogP contribution in [0.5, 0.6) is 0 Å². The highest BCUT2D eigenvalue weighted by Gasteiger charge is 2.19. The lowest BCUT2D eigenvalue weighted by Crippen LogP contribution is -2.43. The van der Waals surface area contributed by atoms with Crippen LogP contribution in [0.4, 0.5) is 4.79 Å². The van der Waals surface area contributed by atoms with Crippen molar-refractivity contribution in [2.45, 2.75) is 27.2 Å². The fourth-order valence-electron chi connectivity index (χ4n) is 1.40. The number of hydrogen-bond acceptors (Lipinski definition) is 3. The quantitative estimate of drug-likeness (QED) is 0.756. The van der Waals surface area contributed by atoms with Crippen LogP contribution in [-0.4, -0.2) is 43.4 Å². The van der Waals surface area contributed by atoms with E-state index < -0.39 is 17.9 Å². The fourth-order valence-corrected chi connectivity index (χ4v) is 1.40. The number of carbonyl (C=O) groups is 3. The van der Waals surface area contributed by atoms with Gasteiger partial charge < -0.3 is 10.2 Å². The summed E-state index contributed by atoms with van der Waals surface area (Å²) < 4.78 is 0. The van der Waals surface area contributed by atoms with Gasteiger partial charge in [0.15, 0.2) is 0 Å². The first-order valence-corrected chi connectivity index (χ1v) is 6.04. The molecule has 0 saturated carbocycles. The van der Waals surface area contributed by atoms with Crippen LogP contribution in [0.1, 0.15) is 27.2 Å². The molecule has 1 atom stereocenters. The molecule has 0 aromatic carbocycles. The standard InChI is InChI=1S/C12H23N3O3/c1-8(2)6-10(16)15(5)7-9(3)11(17)14-12(18)13-4/h8-9H,6-7H2,1-5H3,(H2,13,14,17,18). The summed E-state index contributed by atoms with van der Waals surface area (Å²) in [6.07, 6.45) is 0.459. The molecule has 6 nitrogen and oxygen atoms in total. The van der Waals surface area contributed by atoms with E-state index in [1.807, 2.05) is 13.8 Å². The van der Waals surface area contributed by atoms with E-state index in [4.69, 9.17) is 0 Å². The molecule has 6 heteroatoms. The molecule has 0 aliphatic carbocycles. The number of imide groups is 1. The van der Waals surface area contributed by atoms with Gasteiger partial charge in [-0.1, -0.05) is 20.8 Å². The highest BCUT2D eigenvalue weighted by atomic mass is 16.2. The molecule has 0 heterocycles. The highest BCUT2D eigenvalue weighted by Crippen LogP contribution is 2.05. The van der Waals surface area contributed by atoms with Gasteiger partial charge in [0.05, 0.1) is 5.92 Å². The van der Waals surface area contributed by atoms with E-state index in [1.165, 1.54) is 11.9 Å². The molecule has 0 aromatic rings.